The molecule has 2 aromatic heterocycles. The standard InChI is InChI=1S/C17H16F3N5O2S2/c1-2-25-13(9-27-12-5-3-4-11(8-12)17(18,19)20)23-24-16(25)29-10-14(26)22-15-21-6-7-28-15/h3-8H,2,9-10H2,1H3,(H,21,22,26). The van der Waals surface area contributed by atoms with E-state index in [-0.39, 0.29) is 24.0 Å². The molecule has 154 valence electrons. The molecule has 2 heterocycles. The zero-order chi connectivity index (χ0) is 20.9. The lowest BCUT2D eigenvalue weighted by Crippen LogP contribution is -2.14. The lowest BCUT2D eigenvalue weighted by Gasteiger charge is -2.11. The molecule has 0 aliphatic rings. The van der Waals surface area contributed by atoms with Gasteiger partial charge in [-0.05, 0) is 25.1 Å². The molecule has 1 aromatic carbocycles. The van der Waals surface area contributed by atoms with Crippen LogP contribution in [0.1, 0.15) is 18.3 Å². The second-order valence-electron chi connectivity index (χ2n) is 5.63. The number of amides is 1. The third-order valence-corrected chi connectivity index (χ3v) is 5.31. The molecule has 7 nitrogen and oxygen atoms in total. The number of carbonyl (C=O) groups is 1. The smallest absolute Gasteiger partial charge is 0.416 e. The van der Waals surface area contributed by atoms with E-state index in [9.17, 15) is 18.0 Å². The molecule has 0 atom stereocenters. The number of nitrogens with one attached hydrogen (secondary N) is 1. The highest BCUT2D eigenvalue weighted by Gasteiger charge is 2.30. The van der Waals surface area contributed by atoms with Crippen LogP contribution in [0.4, 0.5) is 18.3 Å². The minimum Gasteiger partial charge on any atom is -0.486 e. The maximum Gasteiger partial charge on any atom is 0.416 e. The van der Waals surface area contributed by atoms with Crippen molar-refractivity contribution < 1.29 is 22.7 Å². The first-order valence-corrected chi connectivity index (χ1v) is 10.3. The normalized spacial score (nSPS) is 11.4. The lowest BCUT2D eigenvalue weighted by atomic mass is 10.2. The van der Waals surface area contributed by atoms with E-state index in [4.69, 9.17) is 4.74 Å². The minimum atomic E-state index is -4.44. The van der Waals surface area contributed by atoms with Crippen LogP contribution in [0.15, 0.2) is 41.0 Å². The van der Waals surface area contributed by atoms with Gasteiger partial charge in [0.05, 0.1) is 11.3 Å². The first-order valence-electron chi connectivity index (χ1n) is 8.41. The monoisotopic (exact) mass is 443 g/mol. The highest BCUT2D eigenvalue weighted by atomic mass is 32.2. The molecule has 0 saturated heterocycles. The summed E-state index contributed by atoms with van der Waals surface area (Å²) < 4.78 is 45.6. The summed E-state index contributed by atoms with van der Waals surface area (Å²) in [6, 6.07) is 4.64. The number of hydrogen-bond acceptors (Lipinski definition) is 7. The van der Waals surface area contributed by atoms with Crippen LogP contribution in [0.2, 0.25) is 0 Å². The summed E-state index contributed by atoms with van der Waals surface area (Å²) in [4.78, 5) is 16.0. The van der Waals surface area contributed by atoms with Crippen molar-refractivity contribution in [2.45, 2.75) is 31.4 Å². The van der Waals surface area contributed by atoms with Gasteiger partial charge in [0.2, 0.25) is 5.91 Å². The van der Waals surface area contributed by atoms with E-state index in [1.54, 1.807) is 16.1 Å². The van der Waals surface area contributed by atoms with Crippen LogP contribution in [-0.2, 0) is 24.1 Å². The maximum absolute atomic E-state index is 12.8. The molecule has 0 aliphatic carbocycles. The summed E-state index contributed by atoms with van der Waals surface area (Å²) in [6.45, 7) is 2.34. The number of alkyl halides is 3. The summed E-state index contributed by atoms with van der Waals surface area (Å²) in [5, 5.41) is 13.5. The van der Waals surface area contributed by atoms with Gasteiger partial charge in [-0.15, -0.1) is 21.5 Å². The fraction of sp³-hybridized carbons (Fsp3) is 0.294. The van der Waals surface area contributed by atoms with E-state index in [0.717, 1.165) is 12.1 Å². The zero-order valence-corrected chi connectivity index (χ0v) is 16.8. The maximum atomic E-state index is 12.8. The number of hydrogen-bond donors (Lipinski definition) is 1. The summed E-state index contributed by atoms with van der Waals surface area (Å²) >= 11 is 2.52. The Morgan fingerprint density at radius 3 is 2.86 bits per heavy atom. The summed E-state index contributed by atoms with van der Waals surface area (Å²) in [6.07, 6.45) is -2.84. The Morgan fingerprint density at radius 1 is 1.34 bits per heavy atom. The third kappa shape index (κ3) is 5.70. The average molecular weight is 443 g/mol. The third-order valence-electron chi connectivity index (χ3n) is 3.65. The largest absolute Gasteiger partial charge is 0.486 e. The van der Waals surface area contributed by atoms with Crippen LogP contribution >= 0.6 is 23.1 Å². The molecule has 0 fully saturated rings. The molecule has 3 rings (SSSR count). The number of carbonyl (C=O) groups excluding carboxylic acids is 1. The second-order valence-corrected chi connectivity index (χ2v) is 7.47. The van der Waals surface area contributed by atoms with E-state index in [0.29, 0.717) is 22.7 Å². The number of rotatable bonds is 8. The van der Waals surface area contributed by atoms with Crippen molar-refractivity contribution in [3.63, 3.8) is 0 Å². The number of thiazole rings is 1. The van der Waals surface area contributed by atoms with E-state index in [1.807, 2.05) is 6.92 Å². The predicted octanol–water partition coefficient (Wildman–Crippen LogP) is 4.08. The van der Waals surface area contributed by atoms with Gasteiger partial charge in [0.15, 0.2) is 16.1 Å². The van der Waals surface area contributed by atoms with Crippen molar-refractivity contribution in [1.82, 2.24) is 19.7 Å². The van der Waals surface area contributed by atoms with E-state index < -0.39 is 11.7 Å². The highest BCUT2D eigenvalue weighted by molar-refractivity contribution is 7.99. The minimum absolute atomic E-state index is 0.0476. The molecule has 0 spiro atoms. The fourth-order valence-corrected chi connectivity index (χ4v) is 3.70. The second kappa shape index (κ2) is 9.27. The van der Waals surface area contributed by atoms with Gasteiger partial charge in [0.25, 0.3) is 0 Å². The van der Waals surface area contributed by atoms with Crippen molar-refractivity contribution >= 4 is 34.1 Å². The number of benzene rings is 1. The van der Waals surface area contributed by atoms with Crippen LogP contribution in [0.25, 0.3) is 0 Å². The van der Waals surface area contributed by atoms with Crippen molar-refractivity contribution in [3.05, 3.63) is 47.2 Å². The van der Waals surface area contributed by atoms with Gasteiger partial charge in [0, 0.05) is 18.1 Å². The van der Waals surface area contributed by atoms with Gasteiger partial charge >= 0.3 is 6.18 Å². The number of thioether (sulfide) groups is 1. The SMILES string of the molecule is CCn1c(COc2cccc(C(F)(F)F)c2)nnc1SCC(=O)Nc1nccs1. The van der Waals surface area contributed by atoms with Gasteiger partial charge in [0.1, 0.15) is 12.4 Å². The zero-order valence-electron chi connectivity index (χ0n) is 15.1. The van der Waals surface area contributed by atoms with Crippen molar-refractivity contribution in [2.24, 2.45) is 0 Å². The van der Waals surface area contributed by atoms with Gasteiger partial charge < -0.3 is 14.6 Å². The number of aromatic nitrogens is 4. The summed E-state index contributed by atoms with van der Waals surface area (Å²) in [7, 11) is 0. The Balaban J connectivity index is 1.60. The fourth-order valence-electron chi connectivity index (χ4n) is 2.33. The first kappa shape index (κ1) is 21.1. The molecule has 1 amide bonds. The quantitative estimate of drug-likeness (QED) is 0.529. The topological polar surface area (TPSA) is 81.9 Å². The molecular weight excluding hydrogens is 427 g/mol. The lowest BCUT2D eigenvalue weighted by molar-refractivity contribution is -0.137. The molecule has 12 heteroatoms. The number of anilines is 1. The van der Waals surface area contributed by atoms with Crippen LogP contribution in [-0.4, -0.2) is 31.4 Å². The highest BCUT2D eigenvalue weighted by Crippen LogP contribution is 2.31. The first-order chi connectivity index (χ1) is 13.9. The molecule has 0 radical (unpaired) electrons. The van der Waals surface area contributed by atoms with E-state index in [2.05, 4.69) is 20.5 Å². The van der Waals surface area contributed by atoms with Crippen LogP contribution < -0.4 is 10.1 Å². The Morgan fingerprint density at radius 2 is 2.17 bits per heavy atom. The Hall–Kier alpha value is -2.60. The number of halogens is 3. The molecule has 0 unspecified atom stereocenters. The molecule has 0 saturated carbocycles. The van der Waals surface area contributed by atoms with E-state index >= 15 is 0 Å². The molecule has 0 aliphatic heterocycles. The number of nitrogens with zero attached hydrogens (tertiary/aromatic N) is 4. The van der Waals surface area contributed by atoms with Crippen molar-refractivity contribution in [2.75, 3.05) is 11.1 Å². The van der Waals surface area contributed by atoms with Crippen molar-refractivity contribution in [3.8, 4) is 5.75 Å². The van der Waals surface area contributed by atoms with Gasteiger partial charge in [-0.3, -0.25) is 4.79 Å². The molecule has 0 bridgehead atoms. The Kier molecular flexibility index (Phi) is 6.75. The Labute approximate surface area is 172 Å². The van der Waals surface area contributed by atoms with Crippen molar-refractivity contribution in [1.29, 1.82) is 0 Å². The predicted molar refractivity (Wildman–Crippen MR) is 103 cm³/mol. The number of ether oxygens (including phenoxy) is 1. The molecule has 1 N–H and O–H groups in total. The van der Waals surface area contributed by atoms with E-state index in [1.165, 1.54) is 35.2 Å². The average Bonchev–Trinajstić information content (AvgIpc) is 3.33. The van der Waals surface area contributed by atoms with Gasteiger partial charge in [-0.25, -0.2) is 4.98 Å². The Bertz CT molecular complexity index is 960. The molecular formula is C17H16F3N5O2S2. The summed E-state index contributed by atoms with van der Waals surface area (Å²) in [5.74, 6) is 0.430. The molecule has 3 aromatic rings. The van der Waals surface area contributed by atoms with Crippen LogP contribution in [0, 0.1) is 0 Å². The summed E-state index contributed by atoms with van der Waals surface area (Å²) in [5.41, 5.74) is -0.783. The van der Waals surface area contributed by atoms with Gasteiger partial charge in [-0.1, -0.05) is 17.8 Å². The van der Waals surface area contributed by atoms with Gasteiger partial charge in [-0.2, -0.15) is 13.2 Å². The van der Waals surface area contributed by atoms with Crippen LogP contribution in [0.5, 0.6) is 5.75 Å². The molecule has 29 heavy (non-hydrogen) atoms. The van der Waals surface area contributed by atoms with Crippen LogP contribution in [0.3, 0.4) is 0 Å².